The molecule has 0 aromatic carbocycles. The van der Waals surface area contributed by atoms with Gasteiger partial charge in [-0.3, -0.25) is 0 Å². The molecule has 0 aromatic heterocycles. The zero-order chi connectivity index (χ0) is 9.80. The van der Waals surface area contributed by atoms with E-state index in [-0.39, 0.29) is 6.10 Å². The Labute approximate surface area is 87.1 Å². The molecule has 0 heterocycles. The van der Waals surface area contributed by atoms with E-state index in [1.165, 1.54) is 44.9 Å². The van der Waals surface area contributed by atoms with Gasteiger partial charge in [0.1, 0.15) is 0 Å². The zero-order valence-electron chi connectivity index (χ0n) is 9.04. The lowest BCUT2D eigenvalue weighted by Gasteiger charge is -2.30. The van der Waals surface area contributed by atoms with Crippen molar-refractivity contribution in [3.63, 3.8) is 0 Å². The van der Waals surface area contributed by atoms with Crippen LogP contribution in [0.25, 0.3) is 0 Å². The SMILES string of the molecule is O[C@@H]1CCCC[C@H]1NCCC1CCC1. The first-order valence-corrected chi connectivity index (χ1v) is 6.28. The van der Waals surface area contributed by atoms with E-state index < -0.39 is 0 Å². The zero-order valence-corrected chi connectivity index (χ0v) is 9.04. The van der Waals surface area contributed by atoms with E-state index in [4.69, 9.17) is 0 Å². The number of aliphatic hydroxyl groups is 1. The third-order valence-electron chi connectivity index (χ3n) is 3.91. The van der Waals surface area contributed by atoms with Gasteiger partial charge in [0, 0.05) is 6.04 Å². The summed E-state index contributed by atoms with van der Waals surface area (Å²) in [6.45, 7) is 1.12. The highest BCUT2D eigenvalue weighted by Gasteiger charge is 2.23. The van der Waals surface area contributed by atoms with Gasteiger partial charge in [0.2, 0.25) is 0 Å². The molecule has 2 atom stereocenters. The van der Waals surface area contributed by atoms with Gasteiger partial charge in [-0.15, -0.1) is 0 Å². The molecule has 0 spiro atoms. The quantitative estimate of drug-likeness (QED) is 0.723. The Bertz CT molecular complexity index is 168. The molecule has 0 aromatic rings. The van der Waals surface area contributed by atoms with Crippen LogP contribution in [0.2, 0.25) is 0 Å². The second kappa shape index (κ2) is 5.13. The second-order valence-electron chi connectivity index (χ2n) is 5.00. The van der Waals surface area contributed by atoms with Crippen LogP contribution in [-0.4, -0.2) is 23.8 Å². The molecule has 2 aliphatic rings. The Morgan fingerprint density at radius 2 is 1.79 bits per heavy atom. The van der Waals surface area contributed by atoms with Gasteiger partial charge in [0.05, 0.1) is 6.10 Å². The molecular weight excluding hydrogens is 174 g/mol. The summed E-state index contributed by atoms with van der Waals surface area (Å²) in [6.07, 6.45) is 10.2. The topological polar surface area (TPSA) is 32.3 Å². The van der Waals surface area contributed by atoms with Gasteiger partial charge >= 0.3 is 0 Å². The van der Waals surface area contributed by atoms with Crippen LogP contribution >= 0.6 is 0 Å². The van der Waals surface area contributed by atoms with Crippen LogP contribution in [-0.2, 0) is 0 Å². The molecule has 2 N–H and O–H groups in total. The van der Waals surface area contributed by atoms with Crippen LogP contribution in [0.3, 0.4) is 0 Å². The standard InChI is InChI=1S/C12H23NO/c14-12-7-2-1-6-11(12)13-9-8-10-4-3-5-10/h10-14H,1-9H2/t11-,12-/m1/s1. The second-order valence-corrected chi connectivity index (χ2v) is 5.00. The van der Waals surface area contributed by atoms with Crippen molar-refractivity contribution in [3.05, 3.63) is 0 Å². The minimum Gasteiger partial charge on any atom is -0.392 e. The fourth-order valence-corrected chi connectivity index (χ4v) is 2.60. The predicted octanol–water partition coefficient (Wildman–Crippen LogP) is 2.07. The highest BCUT2D eigenvalue weighted by Crippen LogP contribution is 2.29. The summed E-state index contributed by atoms with van der Waals surface area (Å²) < 4.78 is 0. The lowest BCUT2D eigenvalue weighted by atomic mass is 9.83. The number of hydrogen-bond donors (Lipinski definition) is 2. The van der Waals surface area contributed by atoms with E-state index in [0.717, 1.165) is 18.9 Å². The first-order chi connectivity index (χ1) is 6.86. The monoisotopic (exact) mass is 197 g/mol. The van der Waals surface area contributed by atoms with Crippen molar-refractivity contribution in [2.45, 2.75) is 63.5 Å². The summed E-state index contributed by atoms with van der Waals surface area (Å²) in [6, 6.07) is 0.392. The molecule has 0 radical (unpaired) electrons. The molecule has 2 aliphatic carbocycles. The maximum absolute atomic E-state index is 9.74. The van der Waals surface area contributed by atoms with Crippen molar-refractivity contribution < 1.29 is 5.11 Å². The van der Waals surface area contributed by atoms with Gasteiger partial charge in [-0.2, -0.15) is 0 Å². The Morgan fingerprint density at radius 1 is 1.00 bits per heavy atom. The number of hydrogen-bond acceptors (Lipinski definition) is 2. The molecule has 2 heteroatoms. The van der Waals surface area contributed by atoms with Crippen LogP contribution in [0.1, 0.15) is 51.4 Å². The van der Waals surface area contributed by atoms with Crippen LogP contribution in [0, 0.1) is 5.92 Å². The van der Waals surface area contributed by atoms with Gasteiger partial charge < -0.3 is 10.4 Å². The molecule has 2 saturated carbocycles. The molecule has 0 saturated heterocycles. The van der Waals surface area contributed by atoms with Gasteiger partial charge in [-0.05, 0) is 31.7 Å². The molecular formula is C12H23NO. The van der Waals surface area contributed by atoms with Crippen LogP contribution in [0.5, 0.6) is 0 Å². The van der Waals surface area contributed by atoms with Gasteiger partial charge in [-0.1, -0.05) is 32.1 Å². The van der Waals surface area contributed by atoms with Gasteiger partial charge in [0.15, 0.2) is 0 Å². The van der Waals surface area contributed by atoms with Crippen LogP contribution < -0.4 is 5.32 Å². The van der Waals surface area contributed by atoms with Crippen molar-refractivity contribution in [2.75, 3.05) is 6.54 Å². The third kappa shape index (κ3) is 2.71. The fraction of sp³-hybridized carbons (Fsp3) is 1.00. The van der Waals surface area contributed by atoms with E-state index in [1.54, 1.807) is 0 Å². The van der Waals surface area contributed by atoms with E-state index in [2.05, 4.69) is 5.32 Å². The number of rotatable bonds is 4. The maximum atomic E-state index is 9.74. The molecule has 82 valence electrons. The normalized spacial score (nSPS) is 34.1. The van der Waals surface area contributed by atoms with Crippen LogP contribution in [0.15, 0.2) is 0 Å². The molecule has 0 bridgehead atoms. The molecule has 0 unspecified atom stereocenters. The van der Waals surface area contributed by atoms with E-state index >= 15 is 0 Å². The summed E-state index contributed by atoms with van der Waals surface area (Å²) in [5.41, 5.74) is 0. The lowest BCUT2D eigenvalue weighted by Crippen LogP contribution is -2.42. The molecule has 14 heavy (non-hydrogen) atoms. The number of nitrogens with one attached hydrogen (secondary N) is 1. The molecule has 0 amide bonds. The average molecular weight is 197 g/mol. The Morgan fingerprint density at radius 3 is 2.43 bits per heavy atom. The smallest absolute Gasteiger partial charge is 0.0693 e. The van der Waals surface area contributed by atoms with Gasteiger partial charge in [0.25, 0.3) is 0 Å². The largest absolute Gasteiger partial charge is 0.392 e. The van der Waals surface area contributed by atoms with E-state index in [0.29, 0.717) is 6.04 Å². The molecule has 2 fully saturated rings. The summed E-state index contributed by atoms with van der Waals surface area (Å²) in [4.78, 5) is 0. The van der Waals surface area contributed by atoms with Crippen molar-refractivity contribution >= 4 is 0 Å². The summed E-state index contributed by atoms with van der Waals surface area (Å²) in [7, 11) is 0. The van der Waals surface area contributed by atoms with E-state index in [1.807, 2.05) is 0 Å². The summed E-state index contributed by atoms with van der Waals surface area (Å²) in [5, 5.41) is 13.3. The third-order valence-corrected chi connectivity index (χ3v) is 3.91. The Balaban J connectivity index is 1.58. The highest BCUT2D eigenvalue weighted by atomic mass is 16.3. The molecule has 0 aliphatic heterocycles. The summed E-state index contributed by atoms with van der Waals surface area (Å²) >= 11 is 0. The average Bonchev–Trinajstić information content (AvgIpc) is 2.12. The predicted molar refractivity (Wildman–Crippen MR) is 58.2 cm³/mol. The molecule has 2 rings (SSSR count). The fourth-order valence-electron chi connectivity index (χ4n) is 2.60. The van der Waals surface area contributed by atoms with Crippen molar-refractivity contribution in [1.82, 2.24) is 5.32 Å². The highest BCUT2D eigenvalue weighted by molar-refractivity contribution is 4.81. The first kappa shape index (κ1) is 10.4. The lowest BCUT2D eigenvalue weighted by molar-refractivity contribution is 0.0895. The first-order valence-electron chi connectivity index (χ1n) is 6.28. The number of aliphatic hydroxyl groups excluding tert-OH is 1. The van der Waals surface area contributed by atoms with Gasteiger partial charge in [-0.25, -0.2) is 0 Å². The minimum atomic E-state index is -0.0786. The minimum absolute atomic E-state index is 0.0786. The van der Waals surface area contributed by atoms with Crippen LogP contribution in [0.4, 0.5) is 0 Å². The summed E-state index contributed by atoms with van der Waals surface area (Å²) in [5.74, 6) is 0.989. The Kier molecular flexibility index (Phi) is 3.82. The Hall–Kier alpha value is -0.0800. The van der Waals surface area contributed by atoms with Crippen molar-refractivity contribution in [1.29, 1.82) is 0 Å². The molecule has 2 nitrogen and oxygen atoms in total. The van der Waals surface area contributed by atoms with E-state index in [9.17, 15) is 5.11 Å². The van der Waals surface area contributed by atoms with Crippen molar-refractivity contribution in [2.24, 2.45) is 5.92 Å². The maximum Gasteiger partial charge on any atom is 0.0693 e. The van der Waals surface area contributed by atoms with Crippen molar-refractivity contribution in [3.8, 4) is 0 Å².